The van der Waals surface area contributed by atoms with E-state index in [1.54, 1.807) is 7.05 Å². The third-order valence-electron chi connectivity index (χ3n) is 4.99. The molecule has 0 spiro atoms. The van der Waals surface area contributed by atoms with Crippen LogP contribution < -0.4 is 20.3 Å². The molecule has 2 aromatic carbocycles. The molecule has 7 heteroatoms. The number of halogens is 1. The molecule has 1 fully saturated rings. The van der Waals surface area contributed by atoms with Gasteiger partial charge in [-0.2, -0.15) is 0 Å². The van der Waals surface area contributed by atoms with Crippen molar-refractivity contribution in [1.82, 2.24) is 10.6 Å². The van der Waals surface area contributed by atoms with Crippen LogP contribution in [0.15, 0.2) is 53.5 Å². The predicted molar refractivity (Wildman–Crippen MR) is 134 cm³/mol. The van der Waals surface area contributed by atoms with Gasteiger partial charge in [-0.25, -0.2) is 0 Å². The number of guanidine groups is 1. The number of hydrogen-bond acceptors (Lipinski definition) is 4. The smallest absolute Gasteiger partial charge is 0.191 e. The fraction of sp³-hybridized carbons (Fsp3) is 0.435. The minimum atomic E-state index is 0. The highest BCUT2D eigenvalue weighted by Gasteiger charge is 2.14. The Morgan fingerprint density at radius 3 is 2.53 bits per heavy atom. The highest BCUT2D eigenvalue weighted by molar-refractivity contribution is 14.0. The first kappa shape index (κ1) is 24.3. The van der Waals surface area contributed by atoms with Crippen molar-refractivity contribution >= 4 is 35.6 Å². The molecule has 3 rings (SSSR count). The monoisotopic (exact) mass is 524 g/mol. The number of rotatable bonds is 7. The Morgan fingerprint density at radius 1 is 1.10 bits per heavy atom. The summed E-state index contributed by atoms with van der Waals surface area (Å²) in [6.45, 7) is 8.91. The number of para-hydroxylation sites is 2. The molecular formula is C23H33IN4O2. The van der Waals surface area contributed by atoms with E-state index >= 15 is 0 Å². The number of hydrogen-bond donors (Lipinski definition) is 2. The minimum absolute atomic E-state index is 0. The molecule has 0 saturated carbocycles. The van der Waals surface area contributed by atoms with Crippen LogP contribution in [0, 0.1) is 6.92 Å². The summed E-state index contributed by atoms with van der Waals surface area (Å²) in [6, 6.07) is 16.6. The number of aliphatic imine (C=N–C) groups is 1. The summed E-state index contributed by atoms with van der Waals surface area (Å²) in [6.07, 6.45) is 0.0234. The van der Waals surface area contributed by atoms with Gasteiger partial charge in [0, 0.05) is 32.4 Å². The summed E-state index contributed by atoms with van der Waals surface area (Å²) >= 11 is 0. The topological polar surface area (TPSA) is 58.1 Å². The van der Waals surface area contributed by atoms with Crippen LogP contribution in [0.5, 0.6) is 5.75 Å². The zero-order valence-electron chi connectivity index (χ0n) is 18.1. The first-order valence-corrected chi connectivity index (χ1v) is 10.2. The molecule has 0 aliphatic carbocycles. The Bertz CT molecular complexity index is 809. The van der Waals surface area contributed by atoms with Crippen LogP contribution in [-0.2, 0) is 11.3 Å². The number of benzene rings is 2. The highest BCUT2D eigenvalue weighted by atomic mass is 127. The summed E-state index contributed by atoms with van der Waals surface area (Å²) in [5, 5.41) is 6.78. The maximum Gasteiger partial charge on any atom is 0.191 e. The van der Waals surface area contributed by atoms with Crippen molar-refractivity contribution in [1.29, 1.82) is 0 Å². The number of aryl methyl sites for hydroxylation is 1. The van der Waals surface area contributed by atoms with Crippen molar-refractivity contribution in [3.05, 3.63) is 59.7 Å². The zero-order valence-corrected chi connectivity index (χ0v) is 20.4. The van der Waals surface area contributed by atoms with E-state index < -0.39 is 0 Å². The molecule has 0 radical (unpaired) electrons. The van der Waals surface area contributed by atoms with Crippen molar-refractivity contribution < 1.29 is 9.47 Å². The number of morpholine rings is 1. The van der Waals surface area contributed by atoms with Crippen molar-refractivity contribution in [3.63, 3.8) is 0 Å². The third kappa shape index (κ3) is 7.05. The van der Waals surface area contributed by atoms with Crippen molar-refractivity contribution in [2.45, 2.75) is 26.5 Å². The SMILES string of the molecule is CN=C(NCc1ccccc1N1CCOCC1)NCC(C)Oc1ccccc1C.I. The van der Waals surface area contributed by atoms with Gasteiger partial charge >= 0.3 is 0 Å². The molecule has 1 unspecified atom stereocenters. The first-order valence-electron chi connectivity index (χ1n) is 10.2. The summed E-state index contributed by atoms with van der Waals surface area (Å²) in [5.41, 5.74) is 3.65. The third-order valence-corrected chi connectivity index (χ3v) is 4.99. The molecule has 0 aromatic heterocycles. The van der Waals surface area contributed by atoms with Crippen LogP contribution in [-0.4, -0.2) is 52.0 Å². The number of ether oxygens (including phenoxy) is 2. The van der Waals surface area contributed by atoms with Gasteiger partial charge < -0.3 is 25.0 Å². The average Bonchev–Trinajstić information content (AvgIpc) is 2.76. The second-order valence-corrected chi connectivity index (χ2v) is 7.23. The second kappa shape index (κ2) is 12.6. The Labute approximate surface area is 197 Å². The van der Waals surface area contributed by atoms with Gasteiger partial charge in [-0.15, -0.1) is 24.0 Å². The van der Waals surface area contributed by atoms with Gasteiger partial charge in [0.05, 0.1) is 19.8 Å². The summed E-state index contributed by atoms with van der Waals surface area (Å²) in [4.78, 5) is 6.73. The lowest BCUT2D eigenvalue weighted by atomic mass is 10.1. The van der Waals surface area contributed by atoms with E-state index in [4.69, 9.17) is 9.47 Å². The van der Waals surface area contributed by atoms with Gasteiger partial charge in [-0.1, -0.05) is 36.4 Å². The fourth-order valence-corrected chi connectivity index (χ4v) is 3.36. The molecule has 1 aliphatic rings. The van der Waals surface area contributed by atoms with Gasteiger partial charge in [-0.3, -0.25) is 4.99 Å². The largest absolute Gasteiger partial charge is 0.489 e. The quantitative estimate of drug-likeness (QED) is 0.330. The summed E-state index contributed by atoms with van der Waals surface area (Å²) < 4.78 is 11.5. The maximum atomic E-state index is 6.04. The van der Waals surface area contributed by atoms with E-state index in [2.05, 4.69) is 64.7 Å². The minimum Gasteiger partial charge on any atom is -0.489 e. The Balaban J connectivity index is 0.00000320. The van der Waals surface area contributed by atoms with Gasteiger partial charge in [0.15, 0.2) is 5.96 Å². The molecule has 164 valence electrons. The zero-order chi connectivity index (χ0) is 20.5. The normalized spacial score (nSPS) is 15.2. The maximum absolute atomic E-state index is 6.04. The lowest BCUT2D eigenvalue weighted by Gasteiger charge is -2.30. The van der Waals surface area contributed by atoms with E-state index in [1.165, 1.54) is 11.3 Å². The standard InChI is InChI=1S/C23H32N4O2.HI/c1-18-8-4-7-11-22(18)29-19(2)16-25-23(24-3)26-17-20-9-5-6-10-21(20)27-12-14-28-15-13-27;/h4-11,19H,12-17H2,1-3H3,(H2,24,25,26);1H. The molecule has 0 bridgehead atoms. The fourth-order valence-electron chi connectivity index (χ4n) is 3.36. The van der Waals surface area contributed by atoms with E-state index in [1.807, 2.05) is 18.2 Å². The molecule has 1 heterocycles. The predicted octanol–water partition coefficient (Wildman–Crippen LogP) is 3.58. The molecule has 1 aliphatic heterocycles. The Hall–Kier alpha value is -2.00. The molecule has 2 N–H and O–H groups in total. The van der Waals surface area contributed by atoms with E-state index in [-0.39, 0.29) is 30.1 Å². The Kier molecular flexibility index (Phi) is 10.2. The summed E-state index contributed by atoms with van der Waals surface area (Å²) in [5.74, 6) is 1.69. The lowest BCUT2D eigenvalue weighted by molar-refractivity contribution is 0.122. The van der Waals surface area contributed by atoms with E-state index in [0.29, 0.717) is 13.1 Å². The molecular weight excluding hydrogens is 491 g/mol. The molecule has 2 aromatic rings. The van der Waals surface area contributed by atoms with E-state index in [9.17, 15) is 0 Å². The van der Waals surface area contributed by atoms with Crippen LogP contribution in [0.25, 0.3) is 0 Å². The van der Waals surface area contributed by atoms with Gasteiger partial charge in [0.2, 0.25) is 0 Å². The highest BCUT2D eigenvalue weighted by Crippen LogP contribution is 2.21. The first-order chi connectivity index (χ1) is 14.2. The average molecular weight is 524 g/mol. The van der Waals surface area contributed by atoms with Crippen LogP contribution in [0.1, 0.15) is 18.1 Å². The van der Waals surface area contributed by atoms with Crippen LogP contribution in [0.2, 0.25) is 0 Å². The molecule has 6 nitrogen and oxygen atoms in total. The number of nitrogens with zero attached hydrogens (tertiary/aromatic N) is 2. The number of anilines is 1. The van der Waals surface area contributed by atoms with Crippen LogP contribution in [0.4, 0.5) is 5.69 Å². The Morgan fingerprint density at radius 2 is 1.80 bits per heavy atom. The molecule has 1 atom stereocenters. The van der Waals surface area contributed by atoms with Crippen LogP contribution in [0.3, 0.4) is 0 Å². The van der Waals surface area contributed by atoms with Gasteiger partial charge in [0.25, 0.3) is 0 Å². The lowest BCUT2D eigenvalue weighted by Crippen LogP contribution is -2.42. The van der Waals surface area contributed by atoms with Crippen molar-refractivity contribution in [3.8, 4) is 5.75 Å². The molecule has 0 amide bonds. The molecule has 1 saturated heterocycles. The van der Waals surface area contributed by atoms with Gasteiger partial charge in [0.1, 0.15) is 11.9 Å². The van der Waals surface area contributed by atoms with Crippen molar-refractivity contribution in [2.24, 2.45) is 4.99 Å². The van der Waals surface area contributed by atoms with Gasteiger partial charge in [-0.05, 0) is 37.1 Å². The van der Waals surface area contributed by atoms with Crippen molar-refractivity contribution in [2.75, 3.05) is 44.8 Å². The second-order valence-electron chi connectivity index (χ2n) is 7.23. The molecule has 30 heavy (non-hydrogen) atoms. The van der Waals surface area contributed by atoms with Crippen LogP contribution >= 0.6 is 24.0 Å². The number of nitrogens with one attached hydrogen (secondary N) is 2. The summed E-state index contributed by atoms with van der Waals surface area (Å²) in [7, 11) is 1.79. The van der Waals surface area contributed by atoms with E-state index in [0.717, 1.165) is 43.6 Å².